The van der Waals surface area contributed by atoms with Gasteiger partial charge >= 0.3 is 0 Å². The number of rotatable bonds is 0. The Morgan fingerprint density at radius 3 is 1.78 bits per heavy atom. The lowest BCUT2D eigenvalue weighted by atomic mass is 10.0. The van der Waals surface area contributed by atoms with Gasteiger partial charge in [0.05, 0.1) is 0 Å². The summed E-state index contributed by atoms with van der Waals surface area (Å²) in [6, 6.07) is 0. The topological polar surface area (TPSA) is 0 Å². The molecule has 0 aromatic rings. The average molecular weight is 138 g/mol. The van der Waals surface area contributed by atoms with Crippen molar-refractivity contribution in [2.24, 2.45) is 0 Å². The zero-order valence-electron chi connectivity index (χ0n) is 6.10. The van der Waals surface area contributed by atoms with Crippen LogP contribution in [0.3, 0.4) is 0 Å². The summed E-state index contributed by atoms with van der Waals surface area (Å²) in [7, 11) is 0. The molecule has 1 heteroatoms. The Morgan fingerprint density at radius 2 is 1.22 bits per heavy atom. The molecule has 0 bridgehead atoms. The van der Waals surface area contributed by atoms with Crippen LogP contribution in [0.25, 0.3) is 0 Å². The van der Waals surface area contributed by atoms with Gasteiger partial charge in [-0.1, -0.05) is 44.9 Å². The van der Waals surface area contributed by atoms with Gasteiger partial charge < -0.3 is 0 Å². The molecule has 0 atom stereocenters. The molecule has 0 unspecified atom stereocenters. The van der Waals surface area contributed by atoms with E-state index in [1.165, 1.54) is 44.9 Å². The third-order valence-electron chi connectivity index (χ3n) is 2.15. The van der Waals surface area contributed by atoms with Crippen LogP contribution in [0.15, 0.2) is 0 Å². The van der Waals surface area contributed by atoms with Crippen LogP contribution in [0.4, 0.5) is 0 Å². The zero-order chi connectivity index (χ0) is 6.53. The first-order chi connectivity index (χ1) is 4.39. The largest absolute Gasteiger partial charge is 0.123 e. The third-order valence-corrected chi connectivity index (χ3v) is 2.82. The maximum atomic E-state index is 2.96. The van der Waals surface area contributed by atoms with E-state index in [2.05, 4.69) is 16.3 Å². The summed E-state index contributed by atoms with van der Waals surface area (Å²) in [6.45, 7) is 0. The summed E-state index contributed by atoms with van der Waals surface area (Å²) in [4.78, 5) is 0. The Bertz CT molecular complexity index is 63.0. The van der Waals surface area contributed by atoms with Gasteiger partial charge in [-0.25, -0.2) is 0 Å². The van der Waals surface area contributed by atoms with Gasteiger partial charge in [-0.2, -0.15) is 0 Å². The van der Waals surface area contributed by atoms with Gasteiger partial charge in [0.25, 0.3) is 0 Å². The lowest BCUT2D eigenvalue weighted by Gasteiger charge is -2.14. The molecule has 0 aliphatic heterocycles. The van der Waals surface area contributed by atoms with Crippen LogP contribution in [-0.4, -0.2) is 16.3 Å². The molecule has 1 aliphatic carbocycles. The fourth-order valence-electron chi connectivity index (χ4n) is 1.49. The Morgan fingerprint density at radius 1 is 0.778 bits per heavy atom. The minimum absolute atomic E-state index is 0.935. The van der Waals surface area contributed by atoms with Gasteiger partial charge in [0, 0.05) is 0 Å². The van der Waals surface area contributed by atoms with Gasteiger partial charge in [0.15, 0.2) is 0 Å². The molecule has 0 nitrogen and oxygen atoms in total. The predicted octanol–water partition coefficient (Wildman–Crippen LogP) is 2.69. The Labute approximate surface area is 66.4 Å². The maximum absolute atomic E-state index is 2.96. The average Bonchev–Trinajstić information content (AvgIpc) is 1.79. The van der Waals surface area contributed by atoms with Crippen molar-refractivity contribution in [1.29, 1.82) is 0 Å². The summed E-state index contributed by atoms with van der Waals surface area (Å²) in [5.41, 5.74) is 0. The van der Waals surface area contributed by atoms with Crippen molar-refractivity contribution >= 4 is 16.3 Å². The second kappa shape index (κ2) is 4.36. The Kier molecular flexibility index (Phi) is 3.70. The van der Waals surface area contributed by atoms with Crippen LogP contribution in [-0.2, 0) is 0 Å². The van der Waals surface area contributed by atoms with E-state index in [-0.39, 0.29) is 0 Å². The van der Waals surface area contributed by atoms with Gasteiger partial charge in [-0.05, 0) is 0 Å². The lowest BCUT2D eigenvalue weighted by Crippen LogP contribution is -1.96. The van der Waals surface area contributed by atoms with Crippen LogP contribution < -0.4 is 0 Å². The van der Waals surface area contributed by atoms with E-state index in [0.717, 1.165) is 4.78 Å². The second-order valence-corrected chi connectivity index (χ2v) is 4.05. The fourth-order valence-corrected chi connectivity index (χ4v) is 1.96. The van der Waals surface area contributed by atoms with E-state index >= 15 is 0 Å². The quantitative estimate of drug-likeness (QED) is 0.451. The fraction of sp³-hybridized carbons (Fsp3) is 1.00. The lowest BCUT2D eigenvalue weighted by molar-refractivity contribution is 0.504. The van der Waals surface area contributed by atoms with Crippen LogP contribution in [0, 0.1) is 0 Å². The molecule has 2 radical (unpaired) electrons. The minimum Gasteiger partial charge on any atom is -0.107 e. The van der Waals surface area contributed by atoms with E-state index in [1.807, 2.05) is 0 Å². The molecule has 1 saturated carbocycles. The van der Waals surface area contributed by atoms with E-state index in [4.69, 9.17) is 0 Å². The monoisotopic (exact) mass is 138 g/mol. The van der Waals surface area contributed by atoms with Crippen molar-refractivity contribution < 1.29 is 0 Å². The molecule has 0 amide bonds. The highest BCUT2D eigenvalue weighted by molar-refractivity contribution is 6.11. The Hall–Kier alpha value is 0.532. The second-order valence-electron chi connectivity index (χ2n) is 3.11. The van der Waals surface area contributed by atoms with E-state index in [9.17, 15) is 0 Å². The van der Waals surface area contributed by atoms with E-state index < -0.39 is 0 Å². The predicted molar refractivity (Wildman–Crippen MR) is 41.8 cm³/mol. The highest BCUT2D eigenvalue weighted by Gasteiger charge is 2.03. The van der Waals surface area contributed by atoms with Gasteiger partial charge in [0.1, 0.15) is 16.3 Å². The standard InChI is InChI=1S/C8H15.Al/c1-2-4-6-8-7-5-3-1;/h1H,2-8H2;. The SMILES string of the molecule is [Al][CH]1CCCCCCC1. The molecule has 9 heavy (non-hydrogen) atoms. The van der Waals surface area contributed by atoms with Crippen molar-refractivity contribution in [2.45, 2.75) is 49.7 Å². The minimum atomic E-state index is 0.935. The normalized spacial score (nSPS) is 24.9. The number of hydrogen-bond acceptors (Lipinski definition) is 0. The summed E-state index contributed by atoms with van der Waals surface area (Å²) in [6.07, 6.45) is 10.3. The molecular weight excluding hydrogens is 123 g/mol. The highest BCUT2D eigenvalue weighted by Crippen LogP contribution is 2.23. The van der Waals surface area contributed by atoms with Crippen LogP contribution in [0.1, 0.15) is 44.9 Å². The van der Waals surface area contributed by atoms with Crippen LogP contribution >= 0.6 is 0 Å². The summed E-state index contributed by atoms with van der Waals surface area (Å²) < 4.78 is 0.935. The van der Waals surface area contributed by atoms with Crippen molar-refractivity contribution in [3.63, 3.8) is 0 Å². The van der Waals surface area contributed by atoms with E-state index in [0.29, 0.717) is 0 Å². The maximum Gasteiger partial charge on any atom is 0.123 e. The third kappa shape index (κ3) is 3.28. The molecule has 1 aliphatic rings. The first-order valence-electron chi connectivity index (χ1n) is 4.15. The van der Waals surface area contributed by atoms with Gasteiger partial charge in [-0.15, -0.1) is 4.78 Å². The molecule has 1 fully saturated rings. The smallest absolute Gasteiger partial charge is 0.107 e. The zero-order valence-corrected chi connectivity index (χ0v) is 7.26. The molecular formula is C8H15Al. The highest BCUT2D eigenvalue weighted by atomic mass is 27.0. The molecule has 0 heterocycles. The first-order valence-corrected chi connectivity index (χ1v) is 4.82. The summed E-state index contributed by atoms with van der Waals surface area (Å²) >= 11 is 2.96. The molecule has 0 aromatic heterocycles. The van der Waals surface area contributed by atoms with Crippen LogP contribution in [0.2, 0.25) is 4.78 Å². The Balaban J connectivity index is 2.12. The van der Waals surface area contributed by atoms with Gasteiger partial charge in [0.2, 0.25) is 0 Å². The molecule has 50 valence electrons. The first kappa shape index (κ1) is 7.64. The summed E-state index contributed by atoms with van der Waals surface area (Å²) in [5.74, 6) is 0. The number of hydrogen-bond donors (Lipinski definition) is 0. The summed E-state index contributed by atoms with van der Waals surface area (Å²) in [5, 5.41) is 0. The molecule has 0 aromatic carbocycles. The van der Waals surface area contributed by atoms with Crippen molar-refractivity contribution in [3.8, 4) is 0 Å². The van der Waals surface area contributed by atoms with Crippen molar-refractivity contribution in [2.75, 3.05) is 0 Å². The van der Waals surface area contributed by atoms with Crippen molar-refractivity contribution in [3.05, 3.63) is 0 Å². The molecule has 0 N–H and O–H groups in total. The van der Waals surface area contributed by atoms with Crippen LogP contribution in [0.5, 0.6) is 0 Å². The molecule has 1 rings (SSSR count). The molecule has 0 saturated heterocycles. The van der Waals surface area contributed by atoms with E-state index in [1.54, 1.807) is 0 Å². The van der Waals surface area contributed by atoms with Crippen molar-refractivity contribution in [1.82, 2.24) is 0 Å². The molecule has 0 spiro atoms. The van der Waals surface area contributed by atoms with Gasteiger partial charge in [-0.3, -0.25) is 0 Å².